The molecule has 4 nitrogen and oxygen atoms in total. The number of nitrogens with two attached hydrogens (primary N) is 1. The number of alkyl halides is 6. The number of nitrogens with zero attached hydrogens (tertiary/aromatic N) is 1. The number of likely N-dealkylation sites (tertiary alicyclic amines) is 1. The van der Waals surface area contributed by atoms with Crippen LogP contribution in [0.5, 0.6) is 0 Å². The van der Waals surface area contributed by atoms with Crippen molar-refractivity contribution in [2.24, 2.45) is 11.7 Å². The van der Waals surface area contributed by atoms with Gasteiger partial charge in [0.15, 0.2) is 0 Å². The minimum atomic E-state index is -4.91. The molecule has 3 rings (SSSR count). The SMILES string of the molecule is NC(=O)N1CCC(CCC(OCc2cc(C(F)(F)F)cc(C(F)(F)F)c2)c2ccccc2)CC1. The van der Waals surface area contributed by atoms with Crippen molar-refractivity contribution < 1.29 is 35.9 Å². The van der Waals surface area contributed by atoms with Gasteiger partial charge in [0.1, 0.15) is 0 Å². The predicted octanol–water partition coefficient (Wildman–Crippen LogP) is 6.55. The van der Waals surface area contributed by atoms with E-state index < -0.39 is 42.2 Å². The van der Waals surface area contributed by atoms with E-state index in [9.17, 15) is 31.1 Å². The Morgan fingerprint density at radius 1 is 0.971 bits per heavy atom. The third-order valence-corrected chi connectivity index (χ3v) is 6.03. The number of carbonyl (C=O) groups is 1. The summed E-state index contributed by atoms with van der Waals surface area (Å²) in [5.41, 5.74) is 3.18. The standard InChI is InChI=1S/C24H26F6N2O2/c25-23(26,27)19-12-17(13-20(14-19)24(28,29)30)15-34-21(18-4-2-1-3-5-18)7-6-16-8-10-32(11-9-16)22(31)33/h1-5,12-14,16,21H,6-11,15H2,(H2,31,33). The van der Waals surface area contributed by atoms with Crippen LogP contribution in [0.2, 0.25) is 0 Å². The molecule has 1 saturated heterocycles. The number of halogens is 6. The zero-order chi connectivity index (χ0) is 24.9. The average Bonchev–Trinajstić information content (AvgIpc) is 2.78. The highest BCUT2D eigenvalue weighted by Gasteiger charge is 2.37. The molecule has 0 aliphatic carbocycles. The van der Waals surface area contributed by atoms with Gasteiger partial charge in [-0.1, -0.05) is 30.3 Å². The first-order valence-corrected chi connectivity index (χ1v) is 10.9. The molecule has 186 valence electrons. The van der Waals surface area contributed by atoms with E-state index in [1.165, 1.54) is 0 Å². The number of amides is 2. The van der Waals surface area contributed by atoms with Gasteiger partial charge in [0.05, 0.1) is 23.8 Å². The summed E-state index contributed by atoms with van der Waals surface area (Å²) >= 11 is 0. The van der Waals surface area contributed by atoms with E-state index >= 15 is 0 Å². The molecular formula is C24H26F6N2O2. The van der Waals surface area contributed by atoms with Gasteiger partial charge in [0.2, 0.25) is 0 Å². The van der Waals surface area contributed by atoms with Crippen molar-refractivity contribution in [1.29, 1.82) is 0 Å². The second kappa shape index (κ2) is 10.7. The van der Waals surface area contributed by atoms with E-state index in [1.807, 2.05) is 18.2 Å². The van der Waals surface area contributed by atoms with Gasteiger partial charge in [-0.25, -0.2) is 4.79 Å². The van der Waals surface area contributed by atoms with Crippen LogP contribution < -0.4 is 5.73 Å². The van der Waals surface area contributed by atoms with Crippen molar-refractivity contribution in [2.45, 2.75) is 50.7 Å². The Bertz CT molecular complexity index is 922. The van der Waals surface area contributed by atoms with Crippen LogP contribution in [0, 0.1) is 5.92 Å². The molecule has 1 heterocycles. The number of primary amides is 1. The van der Waals surface area contributed by atoms with Gasteiger partial charge in [0, 0.05) is 13.1 Å². The molecule has 0 radical (unpaired) electrons. The van der Waals surface area contributed by atoms with E-state index in [-0.39, 0.29) is 11.6 Å². The molecule has 10 heteroatoms. The number of carbonyl (C=O) groups excluding carboxylic acids is 1. The Morgan fingerprint density at radius 2 is 1.53 bits per heavy atom. The molecule has 2 N–H and O–H groups in total. The fraction of sp³-hybridized carbons (Fsp3) is 0.458. The number of ether oxygens (including phenoxy) is 1. The second-order valence-electron chi connectivity index (χ2n) is 8.47. The first kappa shape index (κ1) is 25.9. The molecule has 1 atom stereocenters. The zero-order valence-corrected chi connectivity index (χ0v) is 18.3. The molecule has 34 heavy (non-hydrogen) atoms. The number of hydrogen-bond acceptors (Lipinski definition) is 2. The van der Waals surface area contributed by atoms with Crippen molar-refractivity contribution in [2.75, 3.05) is 13.1 Å². The number of piperidine rings is 1. The summed E-state index contributed by atoms with van der Waals surface area (Å²) in [6.07, 6.45) is -7.50. The van der Waals surface area contributed by atoms with Gasteiger partial charge in [-0.3, -0.25) is 0 Å². The Labute approximate surface area is 193 Å². The Kier molecular flexibility index (Phi) is 8.12. The van der Waals surface area contributed by atoms with Gasteiger partial charge in [-0.2, -0.15) is 26.3 Å². The molecule has 0 bridgehead atoms. The predicted molar refractivity (Wildman–Crippen MR) is 114 cm³/mol. The topological polar surface area (TPSA) is 55.6 Å². The number of benzene rings is 2. The van der Waals surface area contributed by atoms with Gasteiger partial charge in [0.25, 0.3) is 0 Å². The van der Waals surface area contributed by atoms with Crippen LogP contribution >= 0.6 is 0 Å². The Balaban J connectivity index is 1.72. The fourth-order valence-corrected chi connectivity index (χ4v) is 4.14. The van der Waals surface area contributed by atoms with E-state index in [0.29, 0.717) is 37.6 Å². The number of rotatable bonds is 7. The van der Waals surface area contributed by atoms with Crippen LogP contribution in [-0.4, -0.2) is 24.0 Å². The number of hydrogen-bond donors (Lipinski definition) is 1. The molecular weight excluding hydrogens is 462 g/mol. The molecule has 0 aromatic heterocycles. The largest absolute Gasteiger partial charge is 0.416 e. The first-order valence-electron chi connectivity index (χ1n) is 10.9. The second-order valence-corrected chi connectivity index (χ2v) is 8.47. The van der Waals surface area contributed by atoms with Crippen LogP contribution in [0.15, 0.2) is 48.5 Å². The fourth-order valence-electron chi connectivity index (χ4n) is 4.14. The van der Waals surface area contributed by atoms with Crippen LogP contribution in [-0.2, 0) is 23.7 Å². The van der Waals surface area contributed by atoms with Gasteiger partial charge in [-0.05, 0) is 60.9 Å². The van der Waals surface area contributed by atoms with E-state index in [0.717, 1.165) is 24.8 Å². The summed E-state index contributed by atoms with van der Waals surface area (Å²) in [7, 11) is 0. The van der Waals surface area contributed by atoms with E-state index in [4.69, 9.17) is 10.5 Å². The minimum absolute atomic E-state index is 0.108. The normalized spacial score (nSPS) is 16.5. The smallest absolute Gasteiger partial charge is 0.369 e. The molecule has 2 aromatic carbocycles. The first-order chi connectivity index (χ1) is 15.9. The Hall–Kier alpha value is -2.75. The molecule has 1 aliphatic rings. The summed E-state index contributed by atoms with van der Waals surface area (Å²) < 4.78 is 84.9. The molecule has 2 amide bonds. The summed E-state index contributed by atoms with van der Waals surface area (Å²) in [4.78, 5) is 12.9. The van der Waals surface area contributed by atoms with E-state index in [2.05, 4.69) is 0 Å². The van der Waals surface area contributed by atoms with E-state index in [1.54, 1.807) is 17.0 Å². The minimum Gasteiger partial charge on any atom is -0.369 e. The molecule has 1 fully saturated rings. The highest BCUT2D eigenvalue weighted by Crippen LogP contribution is 2.37. The third kappa shape index (κ3) is 7.12. The molecule has 2 aromatic rings. The Morgan fingerprint density at radius 3 is 2.03 bits per heavy atom. The summed E-state index contributed by atoms with van der Waals surface area (Å²) in [5.74, 6) is 0.316. The van der Waals surface area contributed by atoms with Crippen molar-refractivity contribution in [3.8, 4) is 0 Å². The quantitative estimate of drug-likeness (QED) is 0.449. The lowest BCUT2D eigenvalue weighted by Gasteiger charge is -2.31. The highest BCUT2D eigenvalue weighted by atomic mass is 19.4. The molecule has 1 aliphatic heterocycles. The van der Waals surface area contributed by atoms with Crippen LogP contribution in [0.25, 0.3) is 0 Å². The maximum absolute atomic E-state index is 13.2. The number of urea groups is 1. The third-order valence-electron chi connectivity index (χ3n) is 6.03. The highest BCUT2D eigenvalue weighted by molar-refractivity contribution is 5.72. The average molecular weight is 488 g/mol. The molecule has 1 unspecified atom stereocenters. The van der Waals surface area contributed by atoms with Crippen molar-refractivity contribution in [3.63, 3.8) is 0 Å². The van der Waals surface area contributed by atoms with Gasteiger partial charge < -0.3 is 15.4 Å². The lowest BCUT2D eigenvalue weighted by atomic mass is 9.90. The van der Waals surface area contributed by atoms with Crippen LogP contribution in [0.3, 0.4) is 0 Å². The van der Waals surface area contributed by atoms with Crippen molar-refractivity contribution in [1.82, 2.24) is 4.90 Å². The lowest BCUT2D eigenvalue weighted by Crippen LogP contribution is -2.41. The maximum atomic E-state index is 13.2. The monoisotopic (exact) mass is 488 g/mol. The summed E-state index contributed by atoms with van der Waals surface area (Å²) in [6.45, 7) is 0.718. The van der Waals surface area contributed by atoms with Crippen LogP contribution in [0.4, 0.5) is 31.1 Å². The summed E-state index contributed by atoms with van der Waals surface area (Å²) in [6, 6.07) is 10.1. The lowest BCUT2D eigenvalue weighted by molar-refractivity contribution is -0.143. The van der Waals surface area contributed by atoms with Crippen molar-refractivity contribution in [3.05, 3.63) is 70.8 Å². The zero-order valence-electron chi connectivity index (χ0n) is 18.3. The molecule has 0 saturated carbocycles. The van der Waals surface area contributed by atoms with Crippen molar-refractivity contribution >= 4 is 6.03 Å². The summed E-state index contributed by atoms with van der Waals surface area (Å²) in [5, 5.41) is 0. The van der Waals surface area contributed by atoms with Gasteiger partial charge in [-0.15, -0.1) is 0 Å². The molecule has 0 spiro atoms. The van der Waals surface area contributed by atoms with Crippen LogP contribution in [0.1, 0.15) is 54.0 Å². The van der Waals surface area contributed by atoms with Gasteiger partial charge >= 0.3 is 18.4 Å². The maximum Gasteiger partial charge on any atom is 0.416 e.